The Morgan fingerprint density at radius 2 is 1.95 bits per heavy atom. The Balaban J connectivity index is 2.19. The van der Waals surface area contributed by atoms with E-state index in [1.54, 1.807) is 24.4 Å². The molecule has 2 aromatic rings. The van der Waals surface area contributed by atoms with Crippen molar-refractivity contribution in [3.8, 4) is 0 Å². The normalized spacial score (nSPS) is 15.1. The molecule has 0 unspecified atom stereocenters. The molecule has 0 fully saturated rings. The fourth-order valence-electron chi connectivity index (χ4n) is 2.47. The molecule has 1 aromatic heterocycles. The minimum Gasteiger partial charge on any atom is -0.372 e. The average molecular weight is 305 g/mol. The van der Waals surface area contributed by atoms with Crippen LogP contribution in [0.3, 0.4) is 0 Å². The van der Waals surface area contributed by atoms with E-state index in [1.165, 1.54) is 6.07 Å². The third-order valence-corrected chi connectivity index (χ3v) is 3.60. The SMILES string of the molecule is CN1CCN=C(c2ccccn2)c2cc(C(F)(F)F)ccc21. The minimum atomic E-state index is -4.38. The van der Waals surface area contributed by atoms with Gasteiger partial charge in [0.25, 0.3) is 0 Å². The highest BCUT2D eigenvalue weighted by atomic mass is 19.4. The fraction of sp³-hybridized carbons (Fsp3) is 0.250. The van der Waals surface area contributed by atoms with Gasteiger partial charge in [0, 0.05) is 31.0 Å². The molecule has 1 aliphatic heterocycles. The van der Waals surface area contributed by atoms with Crippen molar-refractivity contribution < 1.29 is 13.2 Å². The molecule has 3 rings (SSSR count). The first-order valence-electron chi connectivity index (χ1n) is 6.85. The molecule has 0 atom stereocenters. The Labute approximate surface area is 126 Å². The van der Waals surface area contributed by atoms with Gasteiger partial charge in [-0.15, -0.1) is 0 Å². The summed E-state index contributed by atoms with van der Waals surface area (Å²) < 4.78 is 39.1. The van der Waals surface area contributed by atoms with Gasteiger partial charge in [0.15, 0.2) is 0 Å². The summed E-state index contributed by atoms with van der Waals surface area (Å²) in [6.45, 7) is 1.16. The number of hydrogen-bond acceptors (Lipinski definition) is 3. The number of nitrogens with zero attached hydrogens (tertiary/aromatic N) is 3. The number of likely N-dealkylation sites (N-methyl/N-ethyl adjacent to an activating group) is 1. The summed E-state index contributed by atoms with van der Waals surface area (Å²) in [6.07, 6.45) is -2.77. The number of rotatable bonds is 1. The quantitative estimate of drug-likeness (QED) is 0.808. The third-order valence-electron chi connectivity index (χ3n) is 3.60. The standard InChI is InChI=1S/C16H14F3N3/c1-22-9-8-21-15(13-4-2-3-7-20-13)12-10-11(16(17,18)19)5-6-14(12)22/h2-7,10H,8-9H2,1H3. The van der Waals surface area contributed by atoms with Crippen LogP contribution in [0.2, 0.25) is 0 Å². The summed E-state index contributed by atoms with van der Waals surface area (Å²) in [5, 5.41) is 0. The molecule has 114 valence electrons. The van der Waals surface area contributed by atoms with Crippen molar-refractivity contribution in [3.05, 3.63) is 59.4 Å². The van der Waals surface area contributed by atoms with Gasteiger partial charge in [0.05, 0.1) is 23.5 Å². The average Bonchev–Trinajstić information content (AvgIpc) is 2.66. The van der Waals surface area contributed by atoms with E-state index in [-0.39, 0.29) is 0 Å². The lowest BCUT2D eigenvalue weighted by Gasteiger charge is -2.20. The Kier molecular flexibility index (Phi) is 3.60. The largest absolute Gasteiger partial charge is 0.416 e. The monoisotopic (exact) mass is 305 g/mol. The van der Waals surface area contributed by atoms with Gasteiger partial charge in [-0.25, -0.2) is 0 Å². The predicted octanol–water partition coefficient (Wildman–Crippen LogP) is 3.39. The number of alkyl halides is 3. The highest BCUT2D eigenvalue weighted by molar-refractivity contribution is 6.15. The lowest BCUT2D eigenvalue weighted by Crippen LogP contribution is -2.21. The van der Waals surface area contributed by atoms with Crippen LogP contribution in [0.4, 0.5) is 18.9 Å². The highest BCUT2D eigenvalue weighted by Gasteiger charge is 2.32. The van der Waals surface area contributed by atoms with Gasteiger partial charge in [-0.05, 0) is 30.3 Å². The first kappa shape index (κ1) is 14.6. The molecule has 0 amide bonds. The van der Waals surface area contributed by atoms with Crippen molar-refractivity contribution in [2.75, 3.05) is 25.0 Å². The van der Waals surface area contributed by atoms with Gasteiger partial charge in [-0.1, -0.05) is 6.07 Å². The Hall–Kier alpha value is -2.37. The molecule has 0 saturated carbocycles. The maximum Gasteiger partial charge on any atom is 0.416 e. The molecule has 0 bridgehead atoms. The summed E-state index contributed by atoms with van der Waals surface area (Å²) in [5.41, 5.74) is 1.61. The zero-order chi connectivity index (χ0) is 15.7. The van der Waals surface area contributed by atoms with E-state index in [1.807, 2.05) is 11.9 Å². The lowest BCUT2D eigenvalue weighted by molar-refractivity contribution is -0.137. The fourth-order valence-corrected chi connectivity index (χ4v) is 2.47. The van der Waals surface area contributed by atoms with Crippen LogP contribution in [0, 0.1) is 0 Å². The molecular weight excluding hydrogens is 291 g/mol. The molecule has 0 N–H and O–H groups in total. The van der Waals surface area contributed by atoms with E-state index in [9.17, 15) is 13.2 Å². The van der Waals surface area contributed by atoms with Crippen LogP contribution in [0.5, 0.6) is 0 Å². The van der Waals surface area contributed by atoms with Gasteiger partial charge < -0.3 is 4.90 Å². The van der Waals surface area contributed by atoms with Gasteiger partial charge >= 0.3 is 6.18 Å². The number of aromatic nitrogens is 1. The van der Waals surface area contributed by atoms with Crippen LogP contribution in [0.15, 0.2) is 47.6 Å². The molecule has 6 heteroatoms. The highest BCUT2D eigenvalue weighted by Crippen LogP contribution is 2.34. The lowest BCUT2D eigenvalue weighted by atomic mass is 10.0. The van der Waals surface area contributed by atoms with E-state index in [0.717, 1.165) is 17.8 Å². The molecule has 3 nitrogen and oxygen atoms in total. The van der Waals surface area contributed by atoms with Crippen LogP contribution < -0.4 is 4.90 Å². The molecule has 1 aliphatic rings. The summed E-state index contributed by atoms with van der Waals surface area (Å²) >= 11 is 0. The smallest absolute Gasteiger partial charge is 0.372 e. The summed E-state index contributed by atoms with van der Waals surface area (Å²) in [5.74, 6) is 0. The first-order chi connectivity index (χ1) is 10.5. The van der Waals surface area contributed by atoms with Gasteiger partial charge in [-0.3, -0.25) is 9.98 Å². The Bertz CT molecular complexity index is 708. The topological polar surface area (TPSA) is 28.5 Å². The van der Waals surface area contributed by atoms with Gasteiger partial charge in [0.1, 0.15) is 0 Å². The molecule has 1 aromatic carbocycles. The third kappa shape index (κ3) is 2.68. The number of hydrogen-bond donors (Lipinski definition) is 0. The van der Waals surface area contributed by atoms with E-state index >= 15 is 0 Å². The number of fused-ring (bicyclic) bond motifs is 1. The number of benzodiazepines with no additional fused rings is 1. The van der Waals surface area contributed by atoms with Crippen molar-refractivity contribution in [2.24, 2.45) is 4.99 Å². The van der Waals surface area contributed by atoms with Crippen LogP contribution in [-0.2, 0) is 6.18 Å². The maximum absolute atomic E-state index is 13.0. The zero-order valence-electron chi connectivity index (χ0n) is 11.9. The minimum absolute atomic E-state index is 0.466. The second-order valence-electron chi connectivity index (χ2n) is 5.10. The van der Waals surface area contributed by atoms with E-state index in [2.05, 4.69) is 9.98 Å². The maximum atomic E-state index is 13.0. The molecule has 0 saturated heterocycles. The molecule has 2 heterocycles. The van der Waals surface area contributed by atoms with Gasteiger partial charge in [-0.2, -0.15) is 13.2 Å². The molecule has 0 aliphatic carbocycles. The van der Waals surface area contributed by atoms with Crippen molar-refractivity contribution in [1.29, 1.82) is 0 Å². The summed E-state index contributed by atoms with van der Waals surface area (Å²) in [6, 6.07) is 9.09. The Morgan fingerprint density at radius 1 is 1.14 bits per heavy atom. The van der Waals surface area contributed by atoms with Gasteiger partial charge in [0.2, 0.25) is 0 Å². The van der Waals surface area contributed by atoms with Crippen LogP contribution in [0.1, 0.15) is 16.8 Å². The number of aliphatic imine (C=N–C) groups is 1. The van der Waals surface area contributed by atoms with E-state index in [4.69, 9.17) is 0 Å². The summed E-state index contributed by atoms with van der Waals surface area (Å²) in [4.78, 5) is 10.6. The van der Waals surface area contributed by atoms with Crippen molar-refractivity contribution >= 4 is 11.4 Å². The van der Waals surface area contributed by atoms with E-state index < -0.39 is 11.7 Å². The van der Waals surface area contributed by atoms with E-state index in [0.29, 0.717) is 30.1 Å². The van der Waals surface area contributed by atoms with Crippen LogP contribution in [-0.4, -0.2) is 30.8 Å². The number of halogens is 3. The molecule has 22 heavy (non-hydrogen) atoms. The number of anilines is 1. The Morgan fingerprint density at radius 3 is 2.64 bits per heavy atom. The second-order valence-corrected chi connectivity index (χ2v) is 5.10. The molecule has 0 radical (unpaired) electrons. The summed E-state index contributed by atoms with van der Waals surface area (Å²) in [7, 11) is 1.85. The van der Waals surface area contributed by atoms with Crippen molar-refractivity contribution in [2.45, 2.75) is 6.18 Å². The zero-order valence-corrected chi connectivity index (χ0v) is 11.9. The molecular formula is C16H14F3N3. The van der Waals surface area contributed by atoms with Crippen molar-refractivity contribution in [1.82, 2.24) is 4.98 Å². The van der Waals surface area contributed by atoms with Crippen LogP contribution >= 0.6 is 0 Å². The first-order valence-corrected chi connectivity index (χ1v) is 6.85. The number of benzene rings is 1. The molecule has 0 spiro atoms. The van der Waals surface area contributed by atoms with Crippen LogP contribution in [0.25, 0.3) is 0 Å². The van der Waals surface area contributed by atoms with Crippen molar-refractivity contribution in [3.63, 3.8) is 0 Å². The predicted molar refractivity (Wildman–Crippen MR) is 79.5 cm³/mol. The number of pyridine rings is 1. The second kappa shape index (κ2) is 5.44.